The molecule has 0 aliphatic rings. The molecule has 0 aliphatic carbocycles. The van der Waals surface area contributed by atoms with Crippen molar-refractivity contribution in [3.05, 3.63) is 35.7 Å². The van der Waals surface area contributed by atoms with Gasteiger partial charge in [0.05, 0.1) is 0 Å². The lowest BCUT2D eigenvalue weighted by atomic mass is 10.1. The molecule has 0 aliphatic heterocycles. The molecule has 0 unspecified atom stereocenters. The first-order chi connectivity index (χ1) is 5.52. The van der Waals surface area contributed by atoms with Crippen molar-refractivity contribution in [2.45, 2.75) is 13.8 Å². The fraction of sp³-hybridized carbons (Fsp3) is 0.200. The van der Waals surface area contributed by atoms with Crippen LogP contribution in [0.1, 0.15) is 18.1 Å². The Morgan fingerprint density at radius 3 is 2.58 bits per heavy atom. The summed E-state index contributed by atoms with van der Waals surface area (Å²) in [7, 11) is 0. The zero-order valence-corrected chi connectivity index (χ0v) is 7.19. The first kappa shape index (κ1) is 8.78. The van der Waals surface area contributed by atoms with E-state index in [0.29, 0.717) is 16.7 Å². The normalized spacial score (nSPS) is 9.92. The lowest BCUT2D eigenvalue weighted by Crippen LogP contribution is -1.87. The molecule has 0 saturated carbocycles. The van der Waals surface area contributed by atoms with Crippen LogP contribution in [0.25, 0.3) is 5.57 Å². The summed E-state index contributed by atoms with van der Waals surface area (Å²) in [6.07, 6.45) is 0. The smallest absolute Gasteiger partial charge is 0.134 e. The summed E-state index contributed by atoms with van der Waals surface area (Å²) in [6.45, 7) is 7.09. The Kier molecular flexibility index (Phi) is 2.18. The number of aryl methyl sites for hydroxylation is 1. The van der Waals surface area contributed by atoms with Gasteiger partial charge in [-0.1, -0.05) is 6.58 Å². The number of allylic oxidation sites excluding steroid dienone is 1. The summed E-state index contributed by atoms with van der Waals surface area (Å²) in [5, 5.41) is 9.14. The number of aromatic hydroxyl groups is 1. The van der Waals surface area contributed by atoms with Crippen molar-refractivity contribution < 1.29 is 9.50 Å². The minimum Gasteiger partial charge on any atom is -0.508 e. The molecule has 2 heteroatoms. The molecule has 0 radical (unpaired) electrons. The standard InChI is InChI=1S/C10H11FO/c1-6(2)8-4-7(3)10(12)5-9(8)11/h4-5,12H,1H2,2-3H3. The van der Waals surface area contributed by atoms with Crippen molar-refractivity contribution in [2.75, 3.05) is 0 Å². The maximum atomic E-state index is 13.1. The first-order valence-corrected chi connectivity index (χ1v) is 3.67. The highest BCUT2D eigenvalue weighted by Crippen LogP contribution is 2.24. The van der Waals surface area contributed by atoms with Gasteiger partial charge in [-0.3, -0.25) is 0 Å². The maximum absolute atomic E-state index is 13.1. The fourth-order valence-corrected chi connectivity index (χ4v) is 0.998. The first-order valence-electron chi connectivity index (χ1n) is 3.67. The maximum Gasteiger partial charge on any atom is 0.134 e. The molecular formula is C10H11FO. The van der Waals surface area contributed by atoms with Crippen LogP contribution in [-0.4, -0.2) is 5.11 Å². The van der Waals surface area contributed by atoms with Crippen molar-refractivity contribution in [1.29, 1.82) is 0 Å². The Balaban J connectivity index is 3.33. The fourth-order valence-electron chi connectivity index (χ4n) is 0.998. The van der Waals surface area contributed by atoms with Crippen LogP contribution in [0.15, 0.2) is 18.7 Å². The number of hydrogen-bond acceptors (Lipinski definition) is 1. The Labute approximate surface area is 71.2 Å². The molecule has 0 heterocycles. The van der Waals surface area contributed by atoms with Crippen LogP contribution >= 0.6 is 0 Å². The molecule has 0 aromatic heterocycles. The number of halogens is 1. The van der Waals surface area contributed by atoms with Crippen LogP contribution in [0.4, 0.5) is 4.39 Å². The van der Waals surface area contributed by atoms with Crippen LogP contribution in [0.2, 0.25) is 0 Å². The van der Waals surface area contributed by atoms with E-state index in [0.717, 1.165) is 6.07 Å². The van der Waals surface area contributed by atoms with E-state index in [4.69, 9.17) is 5.11 Å². The van der Waals surface area contributed by atoms with Crippen molar-refractivity contribution in [3.8, 4) is 5.75 Å². The highest BCUT2D eigenvalue weighted by Gasteiger charge is 2.06. The molecule has 0 amide bonds. The number of benzene rings is 1. The van der Waals surface area contributed by atoms with Gasteiger partial charge in [0.15, 0.2) is 0 Å². The van der Waals surface area contributed by atoms with Crippen molar-refractivity contribution in [1.82, 2.24) is 0 Å². The predicted octanol–water partition coefficient (Wildman–Crippen LogP) is 2.87. The highest BCUT2D eigenvalue weighted by atomic mass is 19.1. The second kappa shape index (κ2) is 2.97. The van der Waals surface area contributed by atoms with E-state index >= 15 is 0 Å². The Morgan fingerprint density at radius 2 is 2.08 bits per heavy atom. The van der Waals surface area contributed by atoms with E-state index in [1.54, 1.807) is 19.9 Å². The topological polar surface area (TPSA) is 20.2 Å². The molecule has 1 nitrogen and oxygen atoms in total. The van der Waals surface area contributed by atoms with Gasteiger partial charge in [0.1, 0.15) is 11.6 Å². The Hall–Kier alpha value is -1.31. The third kappa shape index (κ3) is 1.47. The van der Waals surface area contributed by atoms with Gasteiger partial charge in [0.2, 0.25) is 0 Å². The lowest BCUT2D eigenvalue weighted by molar-refractivity contribution is 0.464. The lowest BCUT2D eigenvalue weighted by Gasteiger charge is -2.04. The number of phenolic OH excluding ortho intramolecular Hbond substituents is 1. The molecule has 12 heavy (non-hydrogen) atoms. The molecule has 0 fully saturated rings. The average molecular weight is 166 g/mol. The summed E-state index contributed by atoms with van der Waals surface area (Å²) in [6, 6.07) is 2.70. The third-order valence-corrected chi connectivity index (χ3v) is 1.75. The van der Waals surface area contributed by atoms with E-state index in [1.807, 2.05) is 0 Å². The zero-order valence-electron chi connectivity index (χ0n) is 7.19. The Bertz CT molecular complexity index is 329. The van der Waals surface area contributed by atoms with Crippen molar-refractivity contribution in [2.24, 2.45) is 0 Å². The summed E-state index contributed by atoms with van der Waals surface area (Å²) < 4.78 is 13.1. The summed E-state index contributed by atoms with van der Waals surface area (Å²) >= 11 is 0. The van der Waals surface area contributed by atoms with Gasteiger partial charge in [-0.2, -0.15) is 0 Å². The summed E-state index contributed by atoms with van der Waals surface area (Å²) in [5.74, 6) is -0.442. The molecule has 64 valence electrons. The van der Waals surface area contributed by atoms with E-state index in [2.05, 4.69) is 6.58 Å². The van der Waals surface area contributed by atoms with Crippen LogP contribution in [-0.2, 0) is 0 Å². The van der Waals surface area contributed by atoms with Gasteiger partial charge in [-0.25, -0.2) is 4.39 Å². The zero-order chi connectivity index (χ0) is 9.30. The van der Waals surface area contributed by atoms with Gasteiger partial charge >= 0.3 is 0 Å². The molecule has 0 spiro atoms. The molecule has 1 aromatic rings. The van der Waals surface area contributed by atoms with Gasteiger partial charge in [0, 0.05) is 11.6 Å². The summed E-state index contributed by atoms with van der Waals surface area (Å²) in [4.78, 5) is 0. The second-order valence-electron chi connectivity index (χ2n) is 2.90. The molecule has 1 N–H and O–H groups in total. The van der Waals surface area contributed by atoms with E-state index in [9.17, 15) is 4.39 Å². The van der Waals surface area contributed by atoms with Crippen molar-refractivity contribution in [3.63, 3.8) is 0 Å². The van der Waals surface area contributed by atoms with Gasteiger partial charge < -0.3 is 5.11 Å². The average Bonchev–Trinajstić information content (AvgIpc) is 1.96. The van der Waals surface area contributed by atoms with E-state index in [1.165, 1.54) is 0 Å². The quantitative estimate of drug-likeness (QED) is 0.680. The van der Waals surface area contributed by atoms with Gasteiger partial charge in [-0.05, 0) is 31.1 Å². The highest BCUT2D eigenvalue weighted by molar-refractivity contribution is 5.63. The van der Waals surface area contributed by atoms with Crippen molar-refractivity contribution >= 4 is 5.57 Å². The molecular weight excluding hydrogens is 155 g/mol. The Morgan fingerprint density at radius 1 is 1.50 bits per heavy atom. The van der Waals surface area contributed by atoms with Crippen LogP contribution in [0, 0.1) is 12.7 Å². The van der Waals surface area contributed by atoms with E-state index < -0.39 is 5.82 Å². The predicted molar refractivity (Wildman–Crippen MR) is 47.5 cm³/mol. The van der Waals surface area contributed by atoms with E-state index in [-0.39, 0.29) is 5.75 Å². The largest absolute Gasteiger partial charge is 0.508 e. The van der Waals surface area contributed by atoms with Crippen LogP contribution in [0.3, 0.4) is 0 Å². The molecule has 0 saturated heterocycles. The summed E-state index contributed by atoms with van der Waals surface area (Å²) in [5.41, 5.74) is 1.79. The van der Waals surface area contributed by atoms with Crippen LogP contribution in [0.5, 0.6) is 5.75 Å². The molecule has 1 aromatic carbocycles. The van der Waals surface area contributed by atoms with Gasteiger partial charge in [-0.15, -0.1) is 0 Å². The molecule has 0 bridgehead atoms. The SMILES string of the molecule is C=C(C)c1cc(C)c(O)cc1F. The second-order valence-corrected chi connectivity index (χ2v) is 2.90. The van der Waals surface area contributed by atoms with Gasteiger partial charge in [0.25, 0.3) is 0 Å². The minimum atomic E-state index is -0.425. The monoisotopic (exact) mass is 166 g/mol. The number of hydrogen-bond donors (Lipinski definition) is 1. The third-order valence-electron chi connectivity index (χ3n) is 1.75. The number of rotatable bonds is 1. The van der Waals surface area contributed by atoms with Crippen LogP contribution < -0.4 is 0 Å². The minimum absolute atomic E-state index is 0.0162. The molecule has 1 rings (SSSR count). The molecule has 0 atom stereocenters. The number of phenols is 1.